The number of likely N-dealkylation sites (tertiary alicyclic amines) is 1. The summed E-state index contributed by atoms with van der Waals surface area (Å²) < 4.78 is 0. The van der Waals surface area contributed by atoms with Gasteiger partial charge in [-0.25, -0.2) is 4.79 Å². The number of carbonyl (C=O) groups is 3. The van der Waals surface area contributed by atoms with Crippen molar-refractivity contribution in [1.82, 2.24) is 20.9 Å². The Kier molecular flexibility index (Phi) is 8.72. The molecule has 29 heavy (non-hydrogen) atoms. The molecule has 2 atom stereocenters. The summed E-state index contributed by atoms with van der Waals surface area (Å²) >= 11 is 0. The third-order valence-electron chi connectivity index (χ3n) is 5.42. The van der Waals surface area contributed by atoms with Crippen molar-refractivity contribution in [2.45, 2.75) is 38.3 Å². The molecule has 0 aliphatic carbocycles. The van der Waals surface area contributed by atoms with Crippen molar-refractivity contribution >= 4 is 30.3 Å². The molecule has 4 amide bonds. The van der Waals surface area contributed by atoms with Gasteiger partial charge in [-0.05, 0) is 55.8 Å². The van der Waals surface area contributed by atoms with Crippen molar-refractivity contribution in [1.29, 1.82) is 0 Å². The number of halogens is 1. The molecular weight excluding hydrogens is 394 g/mol. The first kappa shape index (κ1) is 23.0. The van der Waals surface area contributed by atoms with Crippen LogP contribution in [0.25, 0.3) is 0 Å². The molecule has 0 aromatic heterocycles. The molecule has 160 valence electrons. The molecule has 5 N–H and O–H groups in total. The van der Waals surface area contributed by atoms with Crippen molar-refractivity contribution in [2.24, 2.45) is 11.7 Å². The van der Waals surface area contributed by atoms with Gasteiger partial charge in [-0.1, -0.05) is 12.1 Å². The molecule has 2 aliphatic rings. The summed E-state index contributed by atoms with van der Waals surface area (Å²) in [5.74, 6) is 0.353. The quantitative estimate of drug-likeness (QED) is 0.546. The predicted molar refractivity (Wildman–Crippen MR) is 113 cm³/mol. The van der Waals surface area contributed by atoms with Gasteiger partial charge in [0, 0.05) is 31.7 Å². The lowest BCUT2D eigenvalue weighted by molar-refractivity contribution is -0.123. The Morgan fingerprint density at radius 2 is 1.86 bits per heavy atom. The molecule has 2 aliphatic heterocycles. The van der Waals surface area contributed by atoms with Crippen molar-refractivity contribution in [3.8, 4) is 0 Å². The number of amides is 4. The van der Waals surface area contributed by atoms with Crippen molar-refractivity contribution in [3.63, 3.8) is 0 Å². The second kappa shape index (κ2) is 11.0. The Labute approximate surface area is 177 Å². The lowest BCUT2D eigenvalue weighted by atomic mass is 9.97. The van der Waals surface area contributed by atoms with Crippen molar-refractivity contribution in [3.05, 3.63) is 35.4 Å². The second-order valence-electron chi connectivity index (χ2n) is 7.57. The van der Waals surface area contributed by atoms with Crippen LogP contribution in [0, 0.1) is 5.92 Å². The highest BCUT2D eigenvalue weighted by Crippen LogP contribution is 2.19. The molecule has 0 bridgehead atoms. The van der Waals surface area contributed by atoms with E-state index < -0.39 is 6.03 Å². The molecule has 2 heterocycles. The van der Waals surface area contributed by atoms with Gasteiger partial charge in [0.2, 0.25) is 5.91 Å². The highest BCUT2D eigenvalue weighted by Gasteiger charge is 2.26. The Balaban J connectivity index is 0.00000300. The smallest absolute Gasteiger partial charge is 0.312 e. The van der Waals surface area contributed by atoms with Gasteiger partial charge in [0.25, 0.3) is 5.91 Å². The fraction of sp³-hybridized carbons (Fsp3) is 0.550. The maximum Gasteiger partial charge on any atom is 0.312 e. The van der Waals surface area contributed by atoms with E-state index in [9.17, 15) is 14.4 Å². The van der Waals surface area contributed by atoms with Crippen LogP contribution in [0.5, 0.6) is 0 Å². The number of piperidine rings is 1. The number of nitrogens with one attached hydrogen (secondary N) is 3. The van der Waals surface area contributed by atoms with Gasteiger partial charge in [0.05, 0.1) is 6.04 Å². The Hall–Kier alpha value is -2.32. The number of urea groups is 1. The van der Waals surface area contributed by atoms with Gasteiger partial charge < -0.3 is 26.6 Å². The molecule has 8 nitrogen and oxygen atoms in total. The molecule has 3 rings (SSSR count). The van der Waals surface area contributed by atoms with Gasteiger partial charge in [-0.3, -0.25) is 9.59 Å². The summed E-state index contributed by atoms with van der Waals surface area (Å²) in [7, 11) is 0. The number of hydrogen-bond acceptors (Lipinski definition) is 4. The van der Waals surface area contributed by atoms with E-state index in [0.29, 0.717) is 25.2 Å². The van der Waals surface area contributed by atoms with E-state index in [1.165, 1.54) is 0 Å². The average molecular weight is 424 g/mol. The number of benzene rings is 1. The zero-order valence-electron chi connectivity index (χ0n) is 16.5. The van der Waals surface area contributed by atoms with E-state index in [-0.39, 0.29) is 36.2 Å². The van der Waals surface area contributed by atoms with E-state index in [4.69, 9.17) is 5.73 Å². The van der Waals surface area contributed by atoms with Crippen LogP contribution >= 0.6 is 12.4 Å². The minimum Gasteiger partial charge on any atom is -0.354 e. The molecule has 1 aromatic carbocycles. The van der Waals surface area contributed by atoms with Crippen LogP contribution in [0.2, 0.25) is 0 Å². The number of carbonyl (C=O) groups excluding carboxylic acids is 3. The van der Waals surface area contributed by atoms with Gasteiger partial charge in [0.15, 0.2) is 0 Å². The third kappa shape index (κ3) is 6.61. The molecular formula is C20H30ClN5O3. The lowest BCUT2D eigenvalue weighted by Gasteiger charge is -2.33. The number of primary amides is 1. The largest absolute Gasteiger partial charge is 0.354 e. The fourth-order valence-corrected chi connectivity index (χ4v) is 3.83. The molecule has 0 saturated carbocycles. The van der Waals surface area contributed by atoms with E-state index in [2.05, 4.69) is 16.0 Å². The van der Waals surface area contributed by atoms with Crippen LogP contribution in [0.3, 0.4) is 0 Å². The molecule has 2 saturated heterocycles. The second-order valence-corrected chi connectivity index (χ2v) is 7.57. The molecule has 2 unspecified atom stereocenters. The Morgan fingerprint density at radius 3 is 2.52 bits per heavy atom. The van der Waals surface area contributed by atoms with Crippen LogP contribution in [0.1, 0.15) is 41.6 Å². The normalized spacial score (nSPS) is 21.2. The third-order valence-corrected chi connectivity index (χ3v) is 5.42. The van der Waals surface area contributed by atoms with Crippen LogP contribution in [-0.4, -0.2) is 55.0 Å². The van der Waals surface area contributed by atoms with Gasteiger partial charge in [-0.15, -0.1) is 12.4 Å². The first-order valence-electron chi connectivity index (χ1n) is 9.95. The van der Waals surface area contributed by atoms with Crippen molar-refractivity contribution in [2.75, 3.05) is 26.2 Å². The summed E-state index contributed by atoms with van der Waals surface area (Å²) in [5, 5.41) is 8.77. The first-order chi connectivity index (χ1) is 13.5. The fourth-order valence-electron chi connectivity index (χ4n) is 3.83. The Bertz CT molecular complexity index is 707. The lowest BCUT2D eigenvalue weighted by Crippen LogP contribution is -2.46. The van der Waals surface area contributed by atoms with Crippen LogP contribution in [0.15, 0.2) is 24.3 Å². The SMILES string of the molecule is Cl.NC(=O)NCc1ccc(C(=O)N2CCCC(CNC(=O)C3CCCN3)C2)cc1. The van der Waals surface area contributed by atoms with Gasteiger partial charge in [0.1, 0.15) is 0 Å². The van der Waals surface area contributed by atoms with Gasteiger partial charge in [-0.2, -0.15) is 0 Å². The van der Waals surface area contributed by atoms with Crippen LogP contribution < -0.4 is 21.7 Å². The van der Waals surface area contributed by atoms with E-state index in [1.54, 1.807) is 12.1 Å². The zero-order chi connectivity index (χ0) is 19.9. The molecule has 0 spiro atoms. The highest BCUT2D eigenvalue weighted by molar-refractivity contribution is 5.94. The number of nitrogens with two attached hydrogens (primary N) is 1. The van der Waals surface area contributed by atoms with E-state index in [1.807, 2.05) is 17.0 Å². The maximum absolute atomic E-state index is 12.8. The summed E-state index contributed by atoms with van der Waals surface area (Å²) in [6.45, 7) is 3.24. The summed E-state index contributed by atoms with van der Waals surface area (Å²) in [6.07, 6.45) is 3.89. The minimum atomic E-state index is -0.574. The minimum absolute atomic E-state index is 0. The monoisotopic (exact) mass is 423 g/mol. The summed E-state index contributed by atoms with van der Waals surface area (Å²) in [4.78, 5) is 37.6. The molecule has 1 aromatic rings. The highest BCUT2D eigenvalue weighted by atomic mass is 35.5. The topological polar surface area (TPSA) is 117 Å². The van der Waals surface area contributed by atoms with Gasteiger partial charge >= 0.3 is 6.03 Å². The standard InChI is InChI=1S/C20H29N5O3.ClH/c21-20(28)24-11-14-5-7-16(8-6-14)19(27)25-10-2-3-15(13-25)12-23-18(26)17-4-1-9-22-17;/h5-8,15,17,22H,1-4,9-13H2,(H,23,26)(H3,21,24,28);1H. The number of rotatable bonds is 6. The molecule has 2 fully saturated rings. The number of hydrogen-bond donors (Lipinski definition) is 4. The predicted octanol–water partition coefficient (Wildman–Crippen LogP) is 0.997. The van der Waals surface area contributed by atoms with Crippen molar-refractivity contribution < 1.29 is 14.4 Å². The summed E-state index contributed by atoms with van der Waals surface area (Å²) in [5.41, 5.74) is 6.58. The first-order valence-corrected chi connectivity index (χ1v) is 9.95. The molecule has 0 radical (unpaired) electrons. The summed E-state index contributed by atoms with van der Waals surface area (Å²) in [6, 6.07) is 6.55. The molecule has 9 heteroatoms. The number of nitrogens with zero attached hydrogens (tertiary/aromatic N) is 1. The van der Waals surface area contributed by atoms with Crippen LogP contribution in [0.4, 0.5) is 4.79 Å². The van der Waals surface area contributed by atoms with Crippen LogP contribution in [-0.2, 0) is 11.3 Å². The van der Waals surface area contributed by atoms with E-state index >= 15 is 0 Å². The zero-order valence-corrected chi connectivity index (χ0v) is 17.3. The average Bonchev–Trinajstić information content (AvgIpc) is 3.25. The Morgan fingerprint density at radius 1 is 1.10 bits per heavy atom. The van der Waals surface area contributed by atoms with E-state index in [0.717, 1.165) is 44.3 Å². The maximum atomic E-state index is 12.8.